The molecule has 4 heteroatoms. The fourth-order valence-electron chi connectivity index (χ4n) is 2.25. The number of aliphatic hydroxyl groups excluding tert-OH is 1. The van der Waals surface area contributed by atoms with Crippen molar-refractivity contribution in [2.75, 3.05) is 24.6 Å². The van der Waals surface area contributed by atoms with E-state index in [2.05, 4.69) is 4.90 Å². The number of anilines is 1. The van der Waals surface area contributed by atoms with Crippen LogP contribution < -0.4 is 4.90 Å². The standard InChI is InChI=1S/C13H17NO3/c15-8-2-1-6-14-7-5-10-9-11(13(16)17)3-4-12(10)14/h3-4,9,15H,1-2,5-8H2,(H,16,17). The van der Waals surface area contributed by atoms with Crippen molar-refractivity contribution in [1.29, 1.82) is 0 Å². The summed E-state index contributed by atoms with van der Waals surface area (Å²) in [6.07, 6.45) is 2.70. The van der Waals surface area contributed by atoms with Gasteiger partial charge in [-0.3, -0.25) is 0 Å². The van der Waals surface area contributed by atoms with E-state index in [1.165, 1.54) is 0 Å². The molecular weight excluding hydrogens is 218 g/mol. The lowest BCUT2D eigenvalue weighted by Crippen LogP contribution is -2.21. The van der Waals surface area contributed by atoms with Crippen molar-refractivity contribution < 1.29 is 15.0 Å². The van der Waals surface area contributed by atoms with E-state index < -0.39 is 5.97 Å². The summed E-state index contributed by atoms with van der Waals surface area (Å²) < 4.78 is 0. The van der Waals surface area contributed by atoms with E-state index in [9.17, 15) is 4.79 Å². The Kier molecular flexibility index (Phi) is 3.64. The van der Waals surface area contributed by atoms with E-state index in [0.29, 0.717) is 5.56 Å². The average Bonchev–Trinajstić information content (AvgIpc) is 2.72. The Morgan fingerprint density at radius 1 is 1.35 bits per heavy atom. The van der Waals surface area contributed by atoms with E-state index >= 15 is 0 Å². The molecule has 1 aromatic rings. The number of aromatic carboxylic acids is 1. The maximum atomic E-state index is 10.9. The molecule has 0 saturated carbocycles. The van der Waals surface area contributed by atoms with Gasteiger partial charge in [-0.1, -0.05) is 0 Å². The Hall–Kier alpha value is -1.55. The molecule has 17 heavy (non-hydrogen) atoms. The summed E-state index contributed by atoms with van der Waals surface area (Å²) in [6, 6.07) is 5.32. The van der Waals surface area contributed by atoms with Crippen LogP contribution in [0.15, 0.2) is 18.2 Å². The number of fused-ring (bicyclic) bond motifs is 1. The molecule has 0 aromatic heterocycles. The van der Waals surface area contributed by atoms with E-state index in [1.54, 1.807) is 12.1 Å². The highest BCUT2D eigenvalue weighted by molar-refractivity contribution is 5.88. The highest BCUT2D eigenvalue weighted by Crippen LogP contribution is 2.28. The first kappa shape index (κ1) is 11.9. The van der Waals surface area contributed by atoms with Gasteiger partial charge in [0.15, 0.2) is 0 Å². The smallest absolute Gasteiger partial charge is 0.335 e. The van der Waals surface area contributed by atoms with Crippen molar-refractivity contribution in [2.45, 2.75) is 19.3 Å². The SMILES string of the molecule is O=C(O)c1ccc2c(c1)CCN2CCCCO. The van der Waals surface area contributed by atoms with E-state index in [0.717, 1.165) is 43.6 Å². The second-order valence-corrected chi connectivity index (χ2v) is 4.32. The predicted octanol–water partition coefficient (Wildman–Crippen LogP) is 1.52. The number of unbranched alkanes of at least 4 members (excludes halogenated alkanes) is 1. The zero-order valence-corrected chi connectivity index (χ0v) is 9.72. The van der Waals surface area contributed by atoms with Crippen molar-refractivity contribution in [3.63, 3.8) is 0 Å². The van der Waals surface area contributed by atoms with E-state index in [1.807, 2.05) is 6.07 Å². The van der Waals surface area contributed by atoms with Gasteiger partial charge in [0.25, 0.3) is 0 Å². The maximum Gasteiger partial charge on any atom is 0.335 e. The molecule has 0 aliphatic carbocycles. The Labute approximate surface area is 100 Å². The first-order valence-electron chi connectivity index (χ1n) is 5.94. The zero-order chi connectivity index (χ0) is 12.3. The van der Waals surface area contributed by atoms with Crippen LogP contribution in [0.5, 0.6) is 0 Å². The summed E-state index contributed by atoms with van der Waals surface area (Å²) >= 11 is 0. The molecule has 0 spiro atoms. The first-order chi connectivity index (χ1) is 8.22. The molecule has 0 amide bonds. The van der Waals surface area contributed by atoms with Crippen molar-refractivity contribution >= 4 is 11.7 Å². The van der Waals surface area contributed by atoms with Gasteiger partial charge in [-0.15, -0.1) is 0 Å². The molecule has 0 unspecified atom stereocenters. The molecular formula is C13H17NO3. The monoisotopic (exact) mass is 235 g/mol. The summed E-state index contributed by atoms with van der Waals surface area (Å²) in [7, 11) is 0. The first-order valence-corrected chi connectivity index (χ1v) is 5.94. The third-order valence-corrected chi connectivity index (χ3v) is 3.15. The molecule has 1 heterocycles. The molecule has 2 rings (SSSR count). The molecule has 1 aromatic carbocycles. The zero-order valence-electron chi connectivity index (χ0n) is 9.72. The van der Waals surface area contributed by atoms with Crippen LogP contribution in [0.3, 0.4) is 0 Å². The minimum atomic E-state index is -0.869. The molecule has 2 N–H and O–H groups in total. The van der Waals surface area contributed by atoms with Gasteiger partial charge >= 0.3 is 5.97 Å². The van der Waals surface area contributed by atoms with Gasteiger partial charge in [0.1, 0.15) is 0 Å². The van der Waals surface area contributed by atoms with Crippen molar-refractivity contribution in [2.24, 2.45) is 0 Å². The number of hydrogen-bond donors (Lipinski definition) is 2. The normalized spacial score (nSPS) is 13.8. The molecule has 0 atom stereocenters. The summed E-state index contributed by atoms with van der Waals surface area (Å²) in [5.74, 6) is -0.869. The number of aliphatic hydroxyl groups is 1. The van der Waals surface area contributed by atoms with Crippen LogP contribution in [-0.4, -0.2) is 35.9 Å². The number of carbonyl (C=O) groups is 1. The lowest BCUT2D eigenvalue weighted by molar-refractivity contribution is 0.0697. The molecule has 0 fully saturated rings. The van der Waals surface area contributed by atoms with Gasteiger partial charge in [0.05, 0.1) is 5.56 Å². The topological polar surface area (TPSA) is 60.8 Å². The van der Waals surface area contributed by atoms with Crippen molar-refractivity contribution in [1.82, 2.24) is 0 Å². The largest absolute Gasteiger partial charge is 0.478 e. The molecule has 0 bridgehead atoms. The molecule has 0 radical (unpaired) electrons. The quantitative estimate of drug-likeness (QED) is 0.760. The summed E-state index contributed by atoms with van der Waals surface area (Å²) in [4.78, 5) is 13.1. The van der Waals surface area contributed by atoms with Gasteiger partial charge in [0.2, 0.25) is 0 Å². The highest BCUT2D eigenvalue weighted by Gasteiger charge is 2.19. The predicted molar refractivity (Wildman–Crippen MR) is 65.6 cm³/mol. The lowest BCUT2D eigenvalue weighted by atomic mass is 10.1. The van der Waals surface area contributed by atoms with Gasteiger partial charge in [-0.05, 0) is 43.0 Å². The molecule has 0 saturated heterocycles. The Balaban J connectivity index is 2.08. The maximum absolute atomic E-state index is 10.9. The Bertz CT molecular complexity index is 417. The summed E-state index contributed by atoms with van der Waals surface area (Å²) in [5.41, 5.74) is 2.63. The Morgan fingerprint density at radius 2 is 2.18 bits per heavy atom. The van der Waals surface area contributed by atoms with Crippen LogP contribution in [0.25, 0.3) is 0 Å². The summed E-state index contributed by atoms with van der Waals surface area (Å²) in [5, 5.41) is 17.7. The number of rotatable bonds is 5. The Morgan fingerprint density at radius 3 is 2.88 bits per heavy atom. The van der Waals surface area contributed by atoms with Crippen LogP contribution in [0.4, 0.5) is 5.69 Å². The second-order valence-electron chi connectivity index (χ2n) is 4.32. The van der Waals surface area contributed by atoms with Crippen LogP contribution in [0.2, 0.25) is 0 Å². The van der Waals surface area contributed by atoms with Gasteiger partial charge in [-0.25, -0.2) is 4.79 Å². The number of hydrogen-bond acceptors (Lipinski definition) is 3. The van der Waals surface area contributed by atoms with Crippen molar-refractivity contribution in [3.05, 3.63) is 29.3 Å². The van der Waals surface area contributed by atoms with Gasteiger partial charge < -0.3 is 15.1 Å². The van der Waals surface area contributed by atoms with E-state index in [4.69, 9.17) is 10.2 Å². The highest BCUT2D eigenvalue weighted by atomic mass is 16.4. The average molecular weight is 235 g/mol. The van der Waals surface area contributed by atoms with Crippen LogP contribution in [0.1, 0.15) is 28.8 Å². The number of carboxylic acids is 1. The van der Waals surface area contributed by atoms with Gasteiger partial charge in [0, 0.05) is 25.4 Å². The molecule has 1 aliphatic rings. The second kappa shape index (κ2) is 5.19. The van der Waals surface area contributed by atoms with E-state index in [-0.39, 0.29) is 6.61 Å². The summed E-state index contributed by atoms with van der Waals surface area (Å²) in [6.45, 7) is 2.11. The molecule has 4 nitrogen and oxygen atoms in total. The minimum absolute atomic E-state index is 0.235. The van der Waals surface area contributed by atoms with Crippen LogP contribution in [0, 0.1) is 0 Å². The van der Waals surface area contributed by atoms with Crippen LogP contribution >= 0.6 is 0 Å². The lowest BCUT2D eigenvalue weighted by Gasteiger charge is -2.19. The third-order valence-electron chi connectivity index (χ3n) is 3.15. The number of carboxylic acid groups (broad SMARTS) is 1. The molecule has 92 valence electrons. The van der Waals surface area contributed by atoms with Gasteiger partial charge in [-0.2, -0.15) is 0 Å². The van der Waals surface area contributed by atoms with Crippen LogP contribution in [-0.2, 0) is 6.42 Å². The fourth-order valence-corrected chi connectivity index (χ4v) is 2.25. The number of benzene rings is 1. The number of nitrogens with zero attached hydrogens (tertiary/aromatic N) is 1. The van der Waals surface area contributed by atoms with Crippen molar-refractivity contribution in [3.8, 4) is 0 Å². The third kappa shape index (κ3) is 2.58. The minimum Gasteiger partial charge on any atom is -0.478 e. The molecule has 1 aliphatic heterocycles. The fraction of sp³-hybridized carbons (Fsp3) is 0.462.